The van der Waals surface area contributed by atoms with E-state index in [2.05, 4.69) is 27.1 Å². The Morgan fingerprint density at radius 1 is 1.27 bits per heavy atom. The molecule has 22 heavy (non-hydrogen) atoms. The summed E-state index contributed by atoms with van der Waals surface area (Å²) < 4.78 is 4.90. The van der Waals surface area contributed by atoms with Crippen LogP contribution in [0.3, 0.4) is 0 Å². The Morgan fingerprint density at radius 2 is 2.09 bits per heavy atom. The second-order valence-corrected chi connectivity index (χ2v) is 5.93. The fourth-order valence-corrected chi connectivity index (χ4v) is 2.64. The van der Waals surface area contributed by atoms with Crippen molar-refractivity contribution in [1.29, 1.82) is 0 Å². The SMILES string of the molecule is CCOC(=O)CCCCCCNC(=NC)NCc1cccs1. The van der Waals surface area contributed by atoms with E-state index in [0.717, 1.165) is 44.7 Å². The van der Waals surface area contributed by atoms with E-state index in [1.165, 1.54) is 4.88 Å². The van der Waals surface area contributed by atoms with Gasteiger partial charge in [0.1, 0.15) is 0 Å². The van der Waals surface area contributed by atoms with Crippen LogP contribution in [-0.2, 0) is 16.1 Å². The first-order chi connectivity index (χ1) is 10.8. The number of hydrogen-bond acceptors (Lipinski definition) is 4. The van der Waals surface area contributed by atoms with E-state index in [-0.39, 0.29) is 5.97 Å². The maximum atomic E-state index is 11.2. The monoisotopic (exact) mass is 325 g/mol. The highest BCUT2D eigenvalue weighted by Gasteiger charge is 2.01. The van der Waals surface area contributed by atoms with Gasteiger partial charge < -0.3 is 15.4 Å². The zero-order valence-corrected chi connectivity index (χ0v) is 14.4. The summed E-state index contributed by atoms with van der Waals surface area (Å²) in [4.78, 5) is 16.7. The summed E-state index contributed by atoms with van der Waals surface area (Å²) in [6.45, 7) is 4.00. The Morgan fingerprint density at radius 3 is 2.77 bits per heavy atom. The van der Waals surface area contributed by atoms with Crippen molar-refractivity contribution < 1.29 is 9.53 Å². The van der Waals surface area contributed by atoms with Gasteiger partial charge in [0.05, 0.1) is 13.2 Å². The average Bonchev–Trinajstić information content (AvgIpc) is 3.03. The molecule has 1 rings (SSSR count). The minimum atomic E-state index is -0.0844. The molecule has 0 unspecified atom stereocenters. The van der Waals surface area contributed by atoms with Gasteiger partial charge in [0, 0.05) is 24.9 Å². The first-order valence-corrected chi connectivity index (χ1v) is 8.76. The quantitative estimate of drug-likeness (QED) is 0.300. The minimum absolute atomic E-state index is 0.0844. The summed E-state index contributed by atoms with van der Waals surface area (Å²) in [7, 11) is 1.78. The fourth-order valence-electron chi connectivity index (χ4n) is 1.99. The van der Waals surface area contributed by atoms with E-state index >= 15 is 0 Å². The van der Waals surface area contributed by atoms with Crippen LogP contribution >= 0.6 is 11.3 Å². The lowest BCUT2D eigenvalue weighted by Crippen LogP contribution is -2.37. The van der Waals surface area contributed by atoms with Gasteiger partial charge in [-0.3, -0.25) is 9.79 Å². The molecule has 0 bridgehead atoms. The number of guanidine groups is 1. The predicted octanol–water partition coefficient (Wildman–Crippen LogP) is 2.93. The van der Waals surface area contributed by atoms with Crippen molar-refractivity contribution in [2.75, 3.05) is 20.2 Å². The highest BCUT2D eigenvalue weighted by atomic mass is 32.1. The van der Waals surface area contributed by atoms with Crippen molar-refractivity contribution in [3.63, 3.8) is 0 Å². The Labute approximate surface area is 137 Å². The second-order valence-electron chi connectivity index (χ2n) is 4.90. The highest BCUT2D eigenvalue weighted by molar-refractivity contribution is 7.09. The molecule has 1 aromatic heterocycles. The molecule has 0 aliphatic rings. The second kappa shape index (κ2) is 12.0. The normalized spacial score (nSPS) is 11.3. The third-order valence-electron chi connectivity index (χ3n) is 3.14. The standard InChI is InChI=1S/C16H27N3O2S/c1-3-21-15(20)10-6-4-5-7-11-18-16(17-2)19-13-14-9-8-12-22-14/h8-9,12H,3-7,10-11,13H2,1-2H3,(H2,17,18,19). The number of carbonyl (C=O) groups is 1. The van der Waals surface area contributed by atoms with E-state index in [1.807, 2.05) is 13.0 Å². The molecular weight excluding hydrogens is 298 g/mol. The number of rotatable bonds is 10. The van der Waals surface area contributed by atoms with Crippen LogP contribution in [0.5, 0.6) is 0 Å². The van der Waals surface area contributed by atoms with Gasteiger partial charge in [-0.1, -0.05) is 18.9 Å². The maximum absolute atomic E-state index is 11.2. The molecule has 0 aliphatic heterocycles. The molecule has 1 heterocycles. The summed E-state index contributed by atoms with van der Waals surface area (Å²) in [5, 5.41) is 8.67. The summed E-state index contributed by atoms with van der Waals surface area (Å²) in [5.41, 5.74) is 0. The smallest absolute Gasteiger partial charge is 0.305 e. The number of nitrogens with zero attached hydrogens (tertiary/aromatic N) is 1. The molecule has 6 heteroatoms. The van der Waals surface area contributed by atoms with Gasteiger partial charge >= 0.3 is 5.97 Å². The van der Waals surface area contributed by atoms with Gasteiger partial charge in [0.2, 0.25) is 0 Å². The molecule has 0 fully saturated rings. The van der Waals surface area contributed by atoms with E-state index in [9.17, 15) is 4.79 Å². The first-order valence-electron chi connectivity index (χ1n) is 7.88. The van der Waals surface area contributed by atoms with E-state index in [0.29, 0.717) is 13.0 Å². The molecule has 0 saturated heterocycles. The molecule has 5 nitrogen and oxygen atoms in total. The van der Waals surface area contributed by atoms with Crippen LogP contribution in [0.4, 0.5) is 0 Å². The predicted molar refractivity (Wildman–Crippen MR) is 92.2 cm³/mol. The van der Waals surface area contributed by atoms with Crippen molar-refractivity contribution in [3.8, 4) is 0 Å². The highest BCUT2D eigenvalue weighted by Crippen LogP contribution is 2.07. The van der Waals surface area contributed by atoms with E-state index in [1.54, 1.807) is 18.4 Å². The molecule has 124 valence electrons. The molecule has 0 atom stereocenters. The molecule has 0 aromatic carbocycles. The molecule has 0 spiro atoms. The third kappa shape index (κ3) is 8.67. The van der Waals surface area contributed by atoms with Gasteiger partial charge in [-0.05, 0) is 31.2 Å². The van der Waals surface area contributed by atoms with Crippen LogP contribution in [0.25, 0.3) is 0 Å². The zero-order chi connectivity index (χ0) is 16.0. The van der Waals surface area contributed by atoms with Crippen molar-refractivity contribution in [2.24, 2.45) is 4.99 Å². The van der Waals surface area contributed by atoms with Crippen LogP contribution in [-0.4, -0.2) is 32.1 Å². The van der Waals surface area contributed by atoms with Crippen molar-refractivity contribution in [2.45, 2.75) is 45.6 Å². The number of unbranched alkanes of at least 4 members (excludes halogenated alkanes) is 3. The topological polar surface area (TPSA) is 62.7 Å². The Hall–Kier alpha value is -1.56. The van der Waals surface area contributed by atoms with Gasteiger partial charge in [-0.2, -0.15) is 0 Å². The van der Waals surface area contributed by atoms with E-state index in [4.69, 9.17) is 4.74 Å². The Bertz CT molecular complexity index is 433. The van der Waals surface area contributed by atoms with Crippen LogP contribution in [0, 0.1) is 0 Å². The van der Waals surface area contributed by atoms with Crippen molar-refractivity contribution in [3.05, 3.63) is 22.4 Å². The number of carbonyl (C=O) groups excluding carboxylic acids is 1. The molecule has 0 aliphatic carbocycles. The van der Waals surface area contributed by atoms with Gasteiger partial charge in [-0.25, -0.2) is 0 Å². The average molecular weight is 325 g/mol. The Kier molecular flexibility index (Phi) is 10.1. The number of nitrogens with one attached hydrogen (secondary N) is 2. The zero-order valence-electron chi connectivity index (χ0n) is 13.6. The Balaban J connectivity index is 1.99. The summed E-state index contributed by atoms with van der Waals surface area (Å²) in [6, 6.07) is 4.16. The van der Waals surface area contributed by atoms with Crippen LogP contribution in [0.15, 0.2) is 22.5 Å². The molecule has 0 saturated carbocycles. The van der Waals surface area contributed by atoms with Crippen LogP contribution in [0.2, 0.25) is 0 Å². The van der Waals surface area contributed by atoms with Gasteiger partial charge in [-0.15, -0.1) is 11.3 Å². The largest absolute Gasteiger partial charge is 0.466 e. The lowest BCUT2D eigenvalue weighted by atomic mass is 10.1. The molecule has 0 radical (unpaired) electrons. The lowest BCUT2D eigenvalue weighted by Gasteiger charge is -2.11. The van der Waals surface area contributed by atoms with Crippen molar-refractivity contribution in [1.82, 2.24) is 10.6 Å². The molecule has 2 N–H and O–H groups in total. The first kappa shape index (κ1) is 18.5. The number of aliphatic imine (C=N–C) groups is 1. The molecular formula is C16H27N3O2S. The number of thiophene rings is 1. The van der Waals surface area contributed by atoms with Crippen LogP contribution in [0.1, 0.15) is 43.9 Å². The van der Waals surface area contributed by atoms with Gasteiger partial charge in [0.25, 0.3) is 0 Å². The minimum Gasteiger partial charge on any atom is -0.466 e. The molecule has 1 aromatic rings. The summed E-state index contributed by atoms with van der Waals surface area (Å²) >= 11 is 1.74. The van der Waals surface area contributed by atoms with Crippen LogP contribution < -0.4 is 10.6 Å². The molecule has 0 amide bonds. The number of hydrogen-bond donors (Lipinski definition) is 2. The van der Waals surface area contributed by atoms with E-state index < -0.39 is 0 Å². The number of esters is 1. The van der Waals surface area contributed by atoms with Gasteiger partial charge in [0.15, 0.2) is 5.96 Å². The number of ether oxygens (including phenoxy) is 1. The van der Waals surface area contributed by atoms with Crippen molar-refractivity contribution >= 4 is 23.3 Å². The third-order valence-corrected chi connectivity index (χ3v) is 4.02. The summed E-state index contributed by atoms with van der Waals surface area (Å²) in [5.74, 6) is 0.749. The lowest BCUT2D eigenvalue weighted by molar-refractivity contribution is -0.143. The maximum Gasteiger partial charge on any atom is 0.305 e. The summed E-state index contributed by atoms with van der Waals surface area (Å²) in [6.07, 6.45) is 4.67. The fraction of sp³-hybridized carbons (Fsp3) is 0.625.